The Morgan fingerprint density at radius 2 is 2.05 bits per heavy atom. The van der Waals surface area contributed by atoms with Crippen LogP contribution in [0.2, 0.25) is 0 Å². The summed E-state index contributed by atoms with van der Waals surface area (Å²) >= 11 is 1.89. The maximum Gasteiger partial charge on any atom is 0.191 e. The molecule has 1 aromatic carbocycles. The summed E-state index contributed by atoms with van der Waals surface area (Å²) in [6.07, 6.45) is -0.959. The lowest BCUT2D eigenvalue weighted by molar-refractivity contribution is 0.182. The SMILES string of the molecule is I.NC(=NCC(O)c1ccccc1F)N1CCSCC1. The molecule has 1 heterocycles. The van der Waals surface area contributed by atoms with Gasteiger partial charge in [-0.25, -0.2) is 4.39 Å². The lowest BCUT2D eigenvalue weighted by Crippen LogP contribution is -2.42. The highest BCUT2D eigenvalue weighted by Crippen LogP contribution is 2.17. The highest BCUT2D eigenvalue weighted by atomic mass is 127. The summed E-state index contributed by atoms with van der Waals surface area (Å²) < 4.78 is 13.5. The average Bonchev–Trinajstić information content (AvgIpc) is 2.46. The van der Waals surface area contributed by atoms with Crippen molar-refractivity contribution in [1.29, 1.82) is 0 Å². The Morgan fingerprint density at radius 1 is 1.40 bits per heavy atom. The molecule has 1 saturated heterocycles. The van der Waals surface area contributed by atoms with Gasteiger partial charge in [-0.3, -0.25) is 4.99 Å². The van der Waals surface area contributed by atoms with Gasteiger partial charge in [-0.15, -0.1) is 24.0 Å². The smallest absolute Gasteiger partial charge is 0.191 e. The van der Waals surface area contributed by atoms with Crippen LogP contribution in [0.1, 0.15) is 11.7 Å². The van der Waals surface area contributed by atoms with Gasteiger partial charge >= 0.3 is 0 Å². The highest BCUT2D eigenvalue weighted by molar-refractivity contribution is 14.0. The second-order valence-electron chi connectivity index (χ2n) is 4.34. The van der Waals surface area contributed by atoms with E-state index < -0.39 is 11.9 Å². The summed E-state index contributed by atoms with van der Waals surface area (Å²) in [6.45, 7) is 1.82. The molecule has 1 aliphatic rings. The maximum absolute atomic E-state index is 13.5. The standard InChI is InChI=1S/C13H18FN3OS.HI/c14-11-4-2-1-3-10(11)12(18)9-16-13(15)17-5-7-19-8-6-17;/h1-4,12,18H,5-9H2,(H2,15,16);1H. The molecular weight excluding hydrogens is 392 g/mol. The number of benzene rings is 1. The lowest BCUT2D eigenvalue weighted by Gasteiger charge is -2.27. The average molecular weight is 411 g/mol. The van der Waals surface area contributed by atoms with Crippen molar-refractivity contribution in [3.05, 3.63) is 35.6 Å². The van der Waals surface area contributed by atoms with Crippen LogP contribution in [-0.2, 0) is 0 Å². The third-order valence-corrected chi connectivity index (χ3v) is 3.97. The van der Waals surface area contributed by atoms with Crippen molar-refractivity contribution in [3.63, 3.8) is 0 Å². The minimum absolute atomic E-state index is 0. The number of halogens is 2. The molecule has 0 spiro atoms. The van der Waals surface area contributed by atoms with Crippen molar-refractivity contribution >= 4 is 41.7 Å². The van der Waals surface area contributed by atoms with E-state index in [0.29, 0.717) is 5.96 Å². The molecule has 0 saturated carbocycles. The summed E-state index contributed by atoms with van der Waals surface area (Å²) in [4.78, 5) is 6.15. The van der Waals surface area contributed by atoms with Crippen molar-refractivity contribution < 1.29 is 9.50 Å². The Labute approximate surface area is 139 Å². The van der Waals surface area contributed by atoms with Gasteiger partial charge in [-0.2, -0.15) is 11.8 Å². The molecule has 0 amide bonds. The van der Waals surface area contributed by atoms with Gasteiger partial charge in [-0.1, -0.05) is 18.2 Å². The zero-order chi connectivity index (χ0) is 13.7. The van der Waals surface area contributed by atoms with Gasteiger partial charge in [0.25, 0.3) is 0 Å². The van der Waals surface area contributed by atoms with Crippen LogP contribution in [0.15, 0.2) is 29.3 Å². The van der Waals surface area contributed by atoms with Crippen LogP contribution in [0.4, 0.5) is 4.39 Å². The predicted octanol–water partition coefficient (Wildman–Crippen LogP) is 1.84. The summed E-state index contributed by atoms with van der Waals surface area (Å²) in [5.41, 5.74) is 6.13. The molecule has 7 heteroatoms. The number of aliphatic imine (C=N–C) groups is 1. The van der Waals surface area contributed by atoms with Gasteiger partial charge in [0.15, 0.2) is 5.96 Å². The number of nitrogens with two attached hydrogens (primary N) is 1. The molecule has 1 aliphatic heterocycles. The number of rotatable bonds is 3. The number of guanidine groups is 1. The van der Waals surface area contributed by atoms with Crippen molar-refractivity contribution in [2.75, 3.05) is 31.1 Å². The third kappa shape index (κ3) is 4.78. The molecule has 1 aromatic rings. The Morgan fingerprint density at radius 3 is 2.70 bits per heavy atom. The summed E-state index contributed by atoms with van der Waals surface area (Å²) in [5, 5.41) is 9.92. The van der Waals surface area contributed by atoms with E-state index in [1.807, 2.05) is 16.7 Å². The minimum atomic E-state index is -0.959. The minimum Gasteiger partial charge on any atom is -0.386 e. The molecule has 3 N–H and O–H groups in total. The van der Waals surface area contributed by atoms with Crippen molar-refractivity contribution in [2.45, 2.75) is 6.10 Å². The van der Waals surface area contributed by atoms with E-state index in [0.717, 1.165) is 24.6 Å². The fraction of sp³-hybridized carbons (Fsp3) is 0.462. The molecule has 0 radical (unpaired) electrons. The molecule has 0 aliphatic carbocycles. The fourth-order valence-electron chi connectivity index (χ4n) is 1.92. The number of nitrogens with zero attached hydrogens (tertiary/aromatic N) is 2. The first-order chi connectivity index (χ1) is 9.18. The van der Waals surface area contributed by atoms with Crippen LogP contribution in [0, 0.1) is 5.82 Å². The van der Waals surface area contributed by atoms with Crippen LogP contribution in [-0.4, -0.2) is 47.1 Å². The van der Waals surface area contributed by atoms with E-state index in [2.05, 4.69) is 4.99 Å². The maximum atomic E-state index is 13.5. The number of aliphatic hydroxyl groups excluding tert-OH is 1. The van der Waals surface area contributed by atoms with Crippen molar-refractivity contribution in [1.82, 2.24) is 4.90 Å². The molecule has 112 valence electrons. The van der Waals surface area contributed by atoms with Crippen molar-refractivity contribution in [2.24, 2.45) is 10.7 Å². The van der Waals surface area contributed by atoms with E-state index in [1.54, 1.807) is 18.2 Å². The second kappa shape index (κ2) is 8.68. The Balaban J connectivity index is 0.00000200. The topological polar surface area (TPSA) is 61.9 Å². The monoisotopic (exact) mass is 411 g/mol. The Hall–Kier alpha value is -0.540. The number of hydrogen-bond donors (Lipinski definition) is 2. The normalized spacial score (nSPS) is 17.5. The third-order valence-electron chi connectivity index (χ3n) is 3.03. The summed E-state index contributed by atoms with van der Waals surface area (Å²) in [7, 11) is 0. The fourth-order valence-corrected chi connectivity index (χ4v) is 2.82. The molecule has 1 atom stereocenters. The molecular formula is C13H19FIN3OS. The van der Waals surface area contributed by atoms with Crippen LogP contribution in [0.5, 0.6) is 0 Å². The van der Waals surface area contributed by atoms with E-state index in [1.165, 1.54) is 6.07 Å². The van der Waals surface area contributed by atoms with Gasteiger partial charge in [0.05, 0.1) is 6.54 Å². The van der Waals surface area contributed by atoms with Crippen LogP contribution < -0.4 is 5.73 Å². The zero-order valence-corrected chi connectivity index (χ0v) is 14.2. The van der Waals surface area contributed by atoms with Gasteiger partial charge in [0.2, 0.25) is 0 Å². The molecule has 20 heavy (non-hydrogen) atoms. The van der Waals surface area contributed by atoms with E-state index >= 15 is 0 Å². The van der Waals surface area contributed by atoms with Crippen LogP contribution >= 0.6 is 35.7 Å². The van der Waals surface area contributed by atoms with Crippen molar-refractivity contribution in [3.8, 4) is 0 Å². The molecule has 0 bridgehead atoms. The lowest BCUT2D eigenvalue weighted by atomic mass is 10.1. The first-order valence-corrected chi connectivity index (χ1v) is 7.39. The molecule has 1 unspecified atom stereocenters. The van der Waals surface area contributed by atoms with E-state index in [4.69, 9.17) is 5.73 Å². The quantitative estimate of drug-likeness (QED) is 0.453. The van der Waals surface area contributed by atoms with Gasteiger partial charge in [0, 0.05) is 30.2 Å². The number of hydrogen-bond acceptors (Lipinski definition) is 3. The van der Waals surface area contributed by atoms with Gasteiger partial charge in [-0.05, 0) is 6.07 Å². The molecule has 4 nitrogen and oxygen atoms in total. The second-order valence-corrected chi connectivity index (χ2v) is 5.56. The van der Waals surface area contributed by atoms with Crippen LogP contribution in [0.3, 0.4) is 0 Å². The van der Waals surface area contributed by atoms with Crippen LogP contribution in [0.25, 0.3) is 0 Å². The first kappa shape index (κ1) is 17.5. The first-order valence-electron chi connectivity index (χ1n) is 6.23. The Kier molecular flexibility index (Phi) is 7.60. The molecule has 1 fully saturated rings. The summed E-state index contributed by atoms with van der Waals surface area (Å²) in [5.74, 6) is 2.08. The van der Waals surface area contributed by atoms with Gasteiger partial charge in [0.1, 0.15) is 11.9 Å². The Bertz CT molecular complexity index is 455. The highest BCUT2D eigenvalue weighted by Gasteiger charge is 2.14. The number of thioether (sulfide) groups is 1. The zero-order valence-electron chi connectivity index (χ0n) is 11.0. The predicted molar refractivity (Wildman–Crippen MR) is 92.2 cm³/mol. The molecule has 2 rings (SSSR count). The number of aliphatic hydroxyl groups is 1. The largest absolute Gasteiger partial charge is 0.386 e. The van der Waals surface area contributed by atoms with E-state index in [9.17, 15) is 9.50 Å². The summed E-state index contributed by atoms with van der Waals surface area (Å²) in [6, 6.07) is 6.17. The van der Waals surface area contributed by atoms with E-state index in [-0.39, 0.29) is 36.1 Å². The molecule has 0 aromatic heterocycles. The van der Waals surface area contributed by atoms with Gasteiger partial charge < -0.3 is 15.7 Å².